The number of aromatic nitrogens is 1. The molecule has 0 aliphatic carbocycles. The fraction of sp³-hybridized carbons (Fsp3) is 0. The van der Waals surface area contributed by atoms with Crippen LogP contribution >= 0.6 is 0 Å². The van der Waals surface area contributed by atoms with Crippen LogP contribution < -0.4 is 4.90 Å². The molecule has 0 fully saturated rings. The molecule has 0 bridgehead atoms. The van der Waals surface area contributed by atoms with Crippen molar-refractivity contribution in [2.24, 2.45) is 0 Å². The molecule has 0 radical (unpaired) electrons. The maximum Gasteiger partial charge on any atom is 0.145 e. The van der Waals surface area contributed by atoms with Gasteiger partial charge >= 0.3 is 0 Å². The molecule has 12 aromatic rings. The highest BCUT2D eigenvalue weighted by Gasteiger charge is 2.25. The van der Waals surface area contributed by atoms with Crippen molar-refractivity contribution in [3.05, 3.63) is 206 Å². The fourth-order valence-corrected chi connectivity index (χ4v) is 9.06. The molecule has 9 aromatic carbocycles. The Balaban J connectivity index is 1.06. The first-order valence-electron chi connectivity index (χ1n) is 19.7. The lowest BCUT2D eigenvalue weighted by Crippen LogP contribution is -2.11. The number of hydrogen-bond acceptors (Lipinski definition) is 3. The summed E-state index contributed by atoms with van der Waals surface area (Å²) < 4.78 is 15.8. The summed E-state index contributed by atoms with van der Waals surface area (Å²) in [7, 11) is 0. The van der Waals surface area contributed by atoms with E-state index in [2.05, 4.69) is 198 Å². The lowest BCUT2D eigenvalue weighted by atomic mass is 9.97. The van der Waals surface area contributed by atoms with Gasteiger partial charge in [-0.3, -0.25) is 0 Å². The first kappa shape index (κ1) is 32.4. The average Bonchev–Trinajstić information content (AvgIpc) is 3.98. The monoisotopic (exact) mass is 742 g/mol. The molecule has 0 spiro atoms. The highest BCUT2D eigenvalue weighted by atomic mass is 16.3. The first-order valence-corrected chi connectivity index (χ1v) is 19.7. The van der Waals surface area contributed by atoms with Gasteiger partial charge in [0, 0.05) is 55.0 Å². The molecule has 0 saturated heterocycles. The van der Waals surface area contributed by atoms with E-state index in [0.717, 1.165) is 88.9 Å². The van der Waals surface area contributed by atoms with E-state index in [9.17, 15) is 0 Å². The molecule has 12 rings (SSSR count). The zero-order valence-electron chi connectivity index (χ0n) is 31.3. The van der Waals surface area contributed by atoms with Crippen molar-refractivity contribution >= 4 is 82.7 Å². The molecule has 58 heavy (non-hydrogen) atoms. The highest BCUT2D eigenvalue weighted by molar-refractivity contribution is 6.18. The van der Waals surface area contributed by atoms with Crippen LogP contribution in [0.15, 0.2) is 215 Å². The van der Waals surface area contributed by atoms with Gasteiger partial charge in [-0.25, -0.2) is 0 Å². The molecule has 0 aliphatic heterocycles. The number of fused-ring (bicyclic) bond motifs is 9. The van der Waals surface area contributed by atoms with E-state index < -0.39 is 0 Å². The van der Waals surface area contributed by atoms with Crippen molar-refractivity contribution in [3.8, 4) is 27.9 Å². The summed E-state index contributed by atoms with van der Waals surface area (Å²) in [5, 5.41) is 6.84. The minimum absolute atomic E-state index is 0.848. The van der Waals surface area contributed by atoms with E-state index in [0.29, 0.717) is 0 Å². The summed E-state index contributed by atoms with van der Waals surface area (Å²) in [6, 6.07) is 73.0. The SMILES string of the molecule is c1ccc(N(c2ccccc2-c2cccc3c2oc2ccccc23)c2ccc(-c3ccc(-n4c5ccccc5c5ccccc54)cc3)c3oc4ccccc4c23)cc1. The van der Waals surface area contributed by atoms with Crippen molar-refractivity contribution in [3.63, 3.8) is 0 Å². The second kappa shape index (κ2) is 12.9. The van der Waals surface area contributed by atoms with Gasteiger partial charge in [0.25, 0.3) is 0 Å². The van der Waals surface area contributed by atoms with Gasteiger partial charge in [-0.15, -0.1) is 0 Å². The summed E-state index contributed by atoms with van der Waals surface area (Å²) >= 11 is 0. The molecule has 3 heterocycles. The Labute approximate surface area is 334 Å². The van der Waals surface area contributed by atoms with Gasteiger partial charge in [0.1, 0.15) is 22.3 Å². The Kier molecular flexibility index (Phi) is 7.20. The van der Waals surface area contributed by atoms with Gasteiger partial charge in [-0.05, 0) is 72.3 Å². The summed E-state index contributed by atoms with van der Waals surface area (Å²) in [5.74, 6) is 0. The maximum absolute atomic E-state index is 6.88. The third-order valence-electron chi connectivity index (χ3n) is 11.6. The third-order valence-corrected chi connectivity index (χ3v) is 11.6. The normalized spacial score (nSPS) is 11.8. The van der Waals surface area contributed by atoms with E-state index in [4.69, 9.17) is 8.83 Å². The van der Waals surface area contributed by atoms with Crippen LogP contribution in [0.2, 0.25) is 0 Å². The second-order valence-electron chi connectivity index (χ2n) is 14.8. The topological polar surface area (TPSA) is 34.5 Å². The number of furan rings is 2. The summed E-state index contributed by atoms with van der Waals surface area (Å²) in [5.41, 5.74) is 14.3. The largest absolute Gasteiger partial charge is 0.455 e. The Hall–Kier alpha value is -7.82. The van der Waals surface area contributed by atoms with Crippen molar-refractivity contribution in [1.29, 1.82) is 0 Å². The fourth-order valence-electron chi connectivity index (χ4n) is 9.06. The number of hydrogen-bond donors (Lipinski definition) is 0. The van der Waals surface area contributed by atoms with Crippen LogP contribution in [-0.4, -0.2) is 4.57 Å². The van der Waals surface area contributed by atoms with Crippen molar-refractivity contribution in [2.75, 3.05) is 4.90 Å². The molecular formula is C54H34N2O2. The Morgan fingerprint density at radius 1 is 0.345 bits per heavy atom. The van der Waals surface area contributed by atoms with Crippen LogP contribution in [0.5, 0.6) is 0 Å². The van der Waals surface area contributed by atoms with Gasteiger partial charge in [0.2, 0.25) is 0 Å². The first-order chi connectivity index (χ1) is 28.8. The number of para-hydroxylation sites is 7. The average molecular weight is 743 g/mol. The molecule has 3 aromatic heterocycles. The molecule has 4 heteroatoms. The summed E-state index contributed by atoms with van der Waals surface area (Å²) in [6.45, 7) is 0. The Bertz CT molecular complexity index is 3460. The molecule has 0 unspecified atom stereocenters. The van der Waals surface area contributed by atoms with Crippen LogP contribution in [0.3, 0.4) is 0 Å². The Morgan fingerprint density at radius 3 is 1.67 bits per heavy atom. The standard InChI is InChI=1S/C54H34N2O2/c1-2-15-36(16-3-1)56(48-26-11-6-19-41(48)43-22-14-23-44-42-20-7-12-27-50(42)57-53(43)44)49-34-33-38(54-52(49)45-21-8-13-28-51(45)58-54)35-29-31-37(32-30-35)55-46-24-9-4-17-39(46)40-18-5-10-25-47(40)55/h1-34H. The lowest BCUT2D eigenvalue weighted by Gasteiger charge is -2.28. The van der Waals surface area contributed by atoms with Gasteiger partial charge in [0.15, 0.2) is 0 Å². The summed E-state index contributed by atoms with van der Waals surface area (Å²) in [4.78, 5) is 2.37. The van der Waals surface area contributed by atoms with E-state index in [1.165, 1.54) is 21.8 Å². The molecule has 0 N–H and O–H groups in total. The van der Waals surface area contributed by atoms with E-state index in [1.54, 1.807) is 0 Å². The molecule has 0 amide bonds. The number of anilines is 3. The van der Waals surface area contributed by atoms with Gasteiger partial charge < -0.3 is 18.3 Å². The van der Waals surface area contributed by atoms with E-state index >= 15 is 0 Å². The van der Waals surface area contributed by atoms with Gasteiger partial charge in [0.05, 0.1) is 27.8 Å². The lowest BCUT2D eigenvalue weighted by molar-refractivity contribution is 0.669. The molecule has 4 nitrogen and oxygen atoms in total. The minimum atomic E-state index is 0.848. The number of nitrogens with zero attached hydrogens (tertiary/aromatic N) is 2. The number of rotatable bonds is 6. The maximum atomic E-state index is 6.88. The van der Waals surface area contributed by atoms with Crippen molar-refractivity contribution in [2.45, 2.75) is 0 Å². The van der Waals surface area contributed by atoms with Crippen LogP contribution in [0.1, 0.15) is 0 Å². The zero-order valence-corrected chi connectivity index (χ0v) is 31.3. The number of benzene rings is 9. The molecule has 272 valence electrons. The molecule has 0 aliphatic rings. The Morgan fingerprint density at radius 2 is 0.914 bits per heavy atom. The minimum Gasteiger partial charge on any atom is -0.455 e. The van der Waals surface area contributed by atoms with Crippen LogP contribution in [0.4, 0.5) is 17.1 Å². The predicted octanol–water partition coefficient (Wildman–Crippen LogP) is 15.4. The van der Waals surface area contributed by atoms with Gasteiger partial charge in [-0.1, -0.05) is 140 Å². The van der Waals surface area contributed by atoms with Crippen LogP contribution in [-0.2, 0) is 0 Å². The zero-order chi connectivity index (χ0) is 38.2. The molecular weight excluding hydrogens is 709 g/mol. The van der Waals surface area contributed by atoms with E-state index in [1.807, 2.05) is 18.2 Å². The highest BCUT2D eigenvalue weighted by Crippen LogP contribution is 2.49. The summed E-state index contributed by atoms with van der Waals surface area (Å²) in [6.07, 6.45) is 0. The van der Waals surface area contributed by atoms with Crippen molar-refractivity contribution in [1.82, 2.24) is 4.57 Å². The van der Waals surface area contributed by atoms with Crippen LogP contribution in [0, 0.1) is 0 Å². The van der Waals surface area contributed by atoms with Crippen molar-refractivity contribution < 1.29 is 8.83 Å². The smallest absolute Gasteiger partial charge is 0.145 e. The van der Waals surface area contributed by atoms with Crippen LogP contribution in [0.25, 0.3) is 93.6 Å². The van der Waals surface area contributed by atoms with Gasteiger partial charge in [-0.2, -0.15) is 0 Å². The third kappa shape index (κ3) is 4.88. The molecule has 0 saturated carbocycles. The quantitative estimate of drug-likeness (QED) is 0.170. The van der Waals surface area contributed by atoms with E-state index in [-0.39, 0.29) is 0 Å². The predicted molar refractivity (Wildman–Crippen MR) is 241 cm³/mol. The molecule has 0 atom stereocenters. The second-order valence-corrected chi connectivity index (χ2v) is 14.8.